The molecular formula is C15H25O2S2Y-. The van der Waals surface area contributed by atoms with Crippen LogP contribution in [0.4, 0.5) is 0 Å². The van der Waals surface area contributed by atoms with Crippen molar-refractivity contribution in [1.82, 2.24) is 0 Å². The number of allylic oxidation sites excluding steroid dienone is 1. The molecule has 1 aliphatic carbocycles. The molecule has 5 heteroatoms. The monoisotopic (exact) mass is 390 g/mol. The Hall–Kier alpha value is 1.17. The minimum Gasteiger partial charge on any atom is -0.386 e. The van der Waals surface area contributed by atoms with Crippen LogP contribution in [-0.2, 0) is 37.5 Å². The summed E-state index contributed by atoms with van der Waals surface area (Å²) in [6, 6.07) is 0. The smallest absolute Gasteiger partial charge is 0.146 e. The summed E-state index contributed by atoms with van der Waals surface area (Å²) in [6.07, 6.45) is 11.1. The van der Waals surface area contributed by atoms with Gasteiger partial charge in [-0.15, -0.1) is 11.8 Å². The molecule has 20 heavy (non-hydrogen) atoms. The molecule has 0 aliphatic heterocycles. The quantitative estimate of drug-likeness (QED) is 0.390. The standard InChI is InChI=1S/C15H25O2S2.Y/c1-4-15(2,17)9-8-12-6-7-13(16)14(12)19-11-5-10-18-3;/h8-9,12,14,17H,3-7,10-11H2,1-2H3;/q-1;/t12-,14-,15?;/m1./s1. The van der Waals surface area contributed by atoms with E-state index in [0.717, 1.165) is 24.3 Å². The number of carbonyl (C=O) groups excluding carboxylic acids is 1. The van der Waals surface area contributed by atoms with Gasteiger partial charge in [-0.1, -0.05) is 19.1 Å². The van der Waals surface area contributed by atoms with E-state index >= 15 is 0 Å². The van der Waals surface area contributed by atoms with Crippen molar-refractivity contribution >= 4 is 29.3 Å². The van der Waals surface area contributed by atoms with Crippen molar-refractivity contribution in [1.29, 1.82) is 0 Å². The molecule has 1 aliphatic rings. The number of thioether (sulfide) groups is 2. The van der Waals surface area contributed by atoms with E-state index < -0.39 is 5.60 Å². The van der Waals surface area contributed by atoms with Gasteiger partial charge in [0.05, 0.1) is 10.9 Å². The summed E-state index contributed by atoms with van der Waals surface area (Å²) in [4.78, 5) is 11.9. The van der Waals surface area contributed by atoms with Gasteiger partial charge in [-0.05, 0) is 43.6 Å². The van der Waals surface area contributed by atoms with Gasteiger partial charge in [0, 0.05) is 39.1 Å². The minimum absolute atomic E-state index is 0. The SMILES string of the molecule is [CH2-]SCCCS[C@H]1C(=O)CC[C@@H]1C=CC(C)(O)CC.[Y]. The second-order valence-electron chi connectivity index (χ2n) is 5.29. The zero-order valence-corrected chi connectivity index (χ0v) is 17.0. The first-order valence-electron chi connectivity index (χ1n) is 6.93. The van der Waals surface area contributed by atoms with Gasteiger partial charge in [0.25, 0.3) is 0 Å². The average molecular weight is 390 g/mol. The minimum atomic E-state index is -0.745. The van der Waals surface area contributed by atoms with Crippen LogP contribution in [0.25, 0.3) is 0 Å². The number of Topliss-reactive ketones (excluding diaryl/α,β-unsaturated/α-hetero) is 1. The Balaban J connectivity index is 0.00000361. The van der Waals surface area contributed by atoms with Crippen LogP contribution in [0.2, 0.25) is 0 Å². The number of ketones is 1. The van der Waals surface area contributed by atoms with Crippen molar-refractivity contribution in [2.75, 3.05) is 11.5 Å². The van der Waals surface area contributed by atoms with Crippen LogP contribution in [0.5, 0.6) is 0 Å². The van der Waals surface area contributed by atoms with Crippen LogP contribution >= 0.6 is 23.5 Å². The zero-order chi connectivity index (χ0) is 14.3. The third-order valence-electron chi connectivity index (χ3n) is 3.58. The van der Waals surface area contributed by atoms with Gasteiger partial charge in [-0.2, -0.15) is 0 Å². The Morgan fingerprint density at radius 3 is 2.80 bits per heavy atom. The van der Waals surface area contributed by atoms with Crippen molar-refractivity contribution in [3.05, 3.63) is 18.4 Å². The Labute approximate surface area is 157 Å². The van der Waals surface area contributed by atoms with Crippen molar-refractivity contribution < 1.29 is 42.6 Å². The molecule has 1 fully saturated rings. The van der Waals surface area contributed by atoms with E-state index in [4.69, 9.17) is 0 Å². The molecule has 1 rings (SSSR count). The first-order valence-corrected chi connectivity index (χ1v) is 9.13. The van der Waals surface area contributed by atoms with Crippen LogP contribution in [0.1, 0.15) is 39.5 Å². The fourth-order valence-corrected chi connectivity index (χ4v) is 3.95. The first-order chi connectivity index (χ1) is 9.00. The number of hydrogen-bond donors (Lipinski definition) is 1. The Morgan fingerprint density at radius 1 is 1.50 bits per heavy atom. The summed E-state index contributed by atoms with van der Waals surface area (Å²) in [5.74, 6) is 2.74. The van der Waals surface area contributed by atoms with Crippen LogP contribution in [-0.4, -0.2) is 33.2 Å². The third-order valence-corrected chi connectivity index (χ3v) is 5.65. The molecule has 0 spiro atoms. The summed E-state index contributed by atoms with van der Waals surface area (Å²) < 4.78 is 0. The summed E-state index contributed by atoms with van der Waals surface area (Å²) in [5.41, 5.74) is -0.745. The second-order valence-corrected chi connectivity index (χ2v) is 7.36. The number of aliphatic hydroxyl groups is 1. The molecule has 0 heterocycles. The summed E-state index contributed by atoms with van der Waals surface area (Å²) in [7, 11) is 0. The largest absolute Gasteiger partial charge is 0.386 e. The molecule has 1 unspecified atom stereocenters. The number of hydrogen-bond acceptors (Lipinski definition) is 4. The molecule has 0 aromatic carbocycles. The Kier molecular flexibility index (Phi) is 11.5. The fourth-order valence-electron chi connectivity index (χ4n) is 2.08. The maximum Gasteiger partial charge on any atom is 0.146 e. The van der Waals surface area contributed by atoms with Gasteiger partial charge >= 0.3 is 0 Å². The van der Waals surface area contributed by atoms with Crippen LogP contribution in [0.3, 0.4) is 0 Å². The zero-order valence-electron chi connectivity index (χ0n) is 12.5. The summed E-state index contributed by atoms with van der Waals surface area (Å²) >= 11 is 3.38. The second kappa shape index (κ2) is 10.8. The summed E-state index contributed by atoms with van der Waals surface area (Å²) in [5, 5.41) is 10.1. The molecule has 2 nitrogen and oxygen atoms in total. The number of carbonyl (C=O) groups is 1. The van der Waals surface area contributed by atoms with E-state index in [9.17, 15) is 9.90 Å². The van der Waals surface area contributed by atoms with Gasteiger partial charge in [-0.25, -0.2) is 0 Å². The van der Waals surface area contributed by atoms with Crippen molar-refractivity contribution in [2.45, 2.75) is 50.4 Å². The molecule has 1 saturated carbocycles. The van der Waals surface area contributed by atoms with Crippen LogP contribution < -0.4 is 0 Å². The molecular weight excluding hydrogens is 365 g/mol. The van der Waals surface area contributed by atoms with E-state index in [1.807, 2.05) is 19.9 Å². The molecule has 1 radical (unpaired) electrons. The average Bonchev–Trinajstić information content (AvgIpc) is 2.74. The van der Waals surface area contributed by atoms with Gasteiger partial charge in [0.15, 0.2) is 0 Å². The maximum absolute atomic E-state index is 11.9. The van der Waals surface area contributed by atoms with Gasteiger partial charge in [0.1, 0.15) is 5.78 Å². The van der Waals surface area contributed by atoms with Crippen molar-refractivity contribution in [2.24, 2.45) is 5.92 Å². The van der Waals surface area contributed by atoms with Gasteiger partial charge < -0.3 is 16.9 Å². The first kappa shape index (κ1) is 21.2. The van der Waals surface area contributed by atoms with E-state index in [-0.39, 0.29) is 38.0 Å². The van der Waals surface area contributed by atoms with E-state index in [1.54, 1.807) is 23.5 Å². The molecule has 0 amide bonds. The van der Waals surface area contributed by atoms with E-state index in [1.165, 1.54) is 0 Å². The predicted octanol–water partition coefficient (Wildman–Crippen LogP) is 3.70. The van der Waals surface area contributed by atoms with Crippen molar-refractivity contribution in [3.63, 3.8) is 0 Å². The molecule has 0 aromatic rings. The third kappa shape index (κ3) is 7.44. The van der Waals surface area contributed by atoms with Gasteiger partial charge in [-0.3, -0.25) is 11.1 Å². The molecule has 3 atom stereocenters. The van der Waals surface area contributed by atoms with E-state index in [2.05, 4.69) is 12.3 Å². The fraction of sp³-hybridized carbons (Fsp3) is 0.733. The van der Waals surface area contributed by atoms with E-state index in [0.29, 0.717) is 24.5 Å². The molecule has 113 valence electrons. The molecule has 0 saturated heterocycles. The predicted molar refractivity (Wildman–Crippen MR) is 86.5 cm³/mol. The van der Waals surface area contributed by atoms with Gasteiger partial charge in [0.2, 0.25) is 0 Å². The molecule has 0 aromatic heterocycles. The number of rotatable bonds is 8. The maximum atomic E-state index is 11.9. The van der Waals surface area contributed by atoms with Crippen molar-refractivity contribution in [3.8, 4) is 0 Å². The Bertz CT molecular complexity index is 319. The normalized spacial score (nSPS) is 25.7. The summed E-state index contributed by atoms with van der Waals surface area (Å²) in [6.45, 7) is 3.78. The molecule has 1 N–H and O–H groups in total. The van der Waals surface area contributed by atoms with Crippen LogP contribution in [0.15, 0.2) is 12.2 Å². The topological polar surface area (TPSA) is 37.3 Å². The molecule has 0 bridgehead atoms. The van der Waals surface area contributed by atoms with Crippen LogP contribution in [0, 0.1) is 12.2 Å². The Morgan fingerprint density at radius 2 is 2.20 bits per heavy atom.